The van der Waals surface area contributed by atoms with Crippen LogP contribution >= 0.6 is 0 Å². The Kier molecular flexibility index (Phi) is 3.64. The Morgan fingerprint density at radius 2 is 2.05 bits per heavy atom. The maximum absolute atomic E-state index is 11.3. The molecule has 0 radical (unpaired) electrons. The van der Waals surface area contributed by atoms with E-state index in [1.54, 1.807) is 18.6 Å². The van der Waals surface area contributed by atoms with Crippen molar-refractivity contribution in [3.63, 3.8) is 0 Å². The molecule has 2 aliphatic heterocycles. The number of piperidine rings is 1. The van der Waals surface area contributed by atoms with Gasteiger partial charge in [-0.2, -0.15) is 0 Å². The van der Waals surface area contributed by atoms with Crippen LogP contribution in [0.15, 0.2) is 17.4 Å². The first-order chi connectivity index (χ1) is 9.19. The molecule has 1 N–H and O–H groups in total. The summed E-state index contributed by atoms with van der Waals surface area (Å²) in [5, 5.41) is 4.03. The highest BCUT2D eigenvalue weighted by Crippen LogP contribution is 2.37. The number of aromatic nitrogens is 2. The molecule has 19 heavy (non-hydrogen) atoms. The second kappa shape index (κ2) is 5.26. The van der Waals surface area contributed by atoms with Gasteiger partial charge in [0.15, 0.2) is 0 Å². The highest BCUT2D eigenvalue weighted by atomic mass is 32.2. The minimum Gasteiger partial charge on any atom is -0.610 e. The van der Waals surface area contributed by atoms with Crippen LogP contribution < -0.4 is 10.2 Å². The van der Waals surface area contributed by atoms with Crippen molar-refractivity contribution in [2.24, 2.45) is 5.41 Å². The van der Waals surface area contributed by atoms with Gasteiger partial charge in [-0.1, -0.05) is 0 Å². The van der Waals surface area contributed by atoms with Gasteiger partial charge in [-0.25, -0.2) is 9.97 Å². The van der Waals surface area contributed by atoms with Gasteiger partial charge in [-0.3, -0.25) is 0 Å². The van der Waals surface area contributed by atoms with Crippen LogP contribution in [-0.2, 0) is 11.2 Å². The van der Waals surface area contributed by atoms with Crippen LogP contribution in [0.2, 0.25) is 0 Å². The Morgan fingerprint density at radius 1 is 1.26 bits per heavy atom. The Balaban J connectivity index is 1.64. The summed E-state index contributed by atoms with van der Waals surface area (Å²) in [5.41, 5.74) is 0.523. The lowest BCUT2D eigenvalue weighted by Crippen LogP contribution is -2.41. The van der Waals surface area contributed by atoms with Gasteiger partial charge in [0.25, 0.3) is 5.03 Å². The van der Waals surface area contributed by atoms with Crippen LogP contribution in [0.1, 0.15) is 19.3 Å². The van der Waals surface area contributed by atoms with Crippen LogP contribution in [0, 0.1) is 5.41 Å². The van der Waals surface area contributed by atoms with E-state index in [1.807, 2.05) is 0 Å². The van der Waals surface area contributed by atoms with E-state index in [1.165, 1.54) is 25.8 Å². The SMILES string of the molecule is C[S+]([O-])c1cnc(N2CCC3(CCNC3)CC2)cn1. The first-order valence-electron chi connectivity index (χ1n) is 6.80. The van der Waals surface area contributed by atoms with Gasteiger partial charge in [0.1, 0.15) is 18.3 Å². The van der Waals surface area contributed by atoms with Gasteiger partial charge in [0.2, 0.25) is 0 Å². The van der Waals surface area contributed by atoms with Gasteiger partial charge < -0.3 is 14.8 Å². The zero-order valence-corrected chi connectivity index (χ0v) is 12.1. The average Bonchev–Trinajstić information content (AvgIpc) is 2.88. The highest BCUT2D eigenvalue weighted by Gasteiger charge is 2.37. The summed E-state index contributed by atoms with van der Waals surface area (Å²) in [7, 11) is 0. The fourth-order valence-corrected chi connectivity index (χ4v) is 3.46. The highest BCUT2D eigenvalue weighted by molar-refractivity contribution is 7.90. The fraction of sp³-hybridized carbons (Fsp3) is 0.692. The molecule has 1 spiro atoms. The number of nitrogens with one attached hydrogen (secondary N) is 1. The topological polar surface area (TPSA) is 64.1 Å². The molecule has 2 saturated heterocycles. The number of hydrogen-bond acceptors (Lipinski definition) is 5. The van der Waals surface area contributed by atoms with Crippen LogP contribution in [-0.4, -0.2) is 47.0 Å². The Morgan fingerprint density at radius 3 is 2.58 bits per heavy atom. The lowest BCUT2D eigenvalue weighted by molar-refractivity contribution is 0.247. The summed E-state index contributed by atoms with van der Waals surface area (Å²) < 4.78 is 11.3. The number of anilines is 1. The summed E-state index contributed by atoms with van der Waals surface area (Å²) in [6, 6.07) is 0. The number of rotatable bonds is 2. The molecular formula is C13H20N4OS. The van der Waals surface area contributed by atoms with E-state index >= 15 is 0 Å². The third-order valence-electron chi connectivity index (χ3n) is 4.39. The molecule has 0 saturated carbocycles. The van der Waals surface area contributed by atoms with Crippen molar-refractivity contribution in [2.45, 2.75) is 24.3 Å². The molecule has 2 fully saturated rings. The molecule has 3 heterocycles. The van der Waals surface area contributed by atoms with Crippen molar-refractivity contribution in [3.8, 4) is 0 Å². The lowest BCUT2D eigenvalue weighted by atomic mass is 9.78. The molecule has 5 nitrogen and oxygen atoms in total. The van der Waals surface area contributed by atoms with Crippen molar-refractivity contribution in [1.82, 2.24) is 15.3 Å². The van der Waals surface area contributed by atoms with E-state index in [0.29, 0.717) is 10.4 Å². The monoisotopic (exact) mass is 280 g/mol. The fourth-order valence-electron chi connectivity index (χ4n) is 3.05. The van der Waals surface area contributed by atoms with Crippen molar-refractivity contribution in [1.29, 1.82) is 0 Å². The predicted octanol–water partition coefficient (Wildman–Crippen LogP) is 0.794. The van der Waals surface area contributed by atoms with Gasteiger partial charge in [0.05, 0.1) is 6.20 Å². The molecule has 1 unspecified atom stereocenters. The molecule has 104 valence electrons. The molecule has 0 amide bonds. The second-order valence-corrected chi connectivity index (χ2v) is 6.91. The molecule has 1 atom stereocenters. The zero-order valence-electron chi connectivity index (χ0n) is 11.3. The molecule has 0 aromatic carbocycles. The molecule has 6 heteroatoms. The predicted molar refractivity (Wildman–Crippen MR) is 75.7 cm³/mol. The van der Waals surface area contributed by atoms with Crippen LogP contribution in [0.25, 0.3) is 0 Å². The Labute approximate surface area is 117 Å². The summed E-state index contributed by atoms with van der Waals surface area (Å²) >= 11 is -1.05. The second-order valence-electron chi connectivity index (χ2n) is 5.58. The third kappa shape index (κ3) is 2.70. The first kappa shape index (κ1) is 13.1. The van der Waals surface area contributed by atoms with Gasteiger partial charge in [-0.15, -0.1) is 0 Å². The summed E-state index contributed by atoms with van der Waals surface area (Å²) in [4.78, 5) is 10.9. The summed E-state index contributed by atoms with van der Waals surface area (Å²) in [6.45, 7) is 4.42. The van der Waals surface area contributed by atoms with E-state index in [9.17, 15) is 4.55 Å². The first-order valence-corrected chi connectivity index (χ1v) is 8.36. The largest absolute Gasteiger partial charge is 0.610 e. The van der Waals surface area contributed by atoms with E-state index < -0.39 is 11.2 Å². The van der Waals surface area contributed by atoms with E-state index in [-0.39, 0.29) is 0 Å². The van der Waals surface area contributed by atoms with Crippen molar-refractivity contribution < 1.29 is 4.55 Å². The molecule has 3 rings (SSSR count). The minimum atomic E-state index is -1.05. The molecular weight excluding hydrogens is 260 g/mol. The minimum absolute atomic E-state index is 0.523. The van der Waals surface area contributed by atoms with E-state index in [0.717, 1.165) is 25.5 Å². The van der Waals surface area contributed by atoms with Gasteiger partial charge in [-0.05, 0) is 31.2 Å². The van der Waals surface area contributed by atoms with Gasteiger partial charge >= 0.3 is 0 Å². The smallest absolute Gasteiger partial charge is 0.262 e. The molecule has 0 aliphatic carbocycles. The normalized spacial score (nSPS) is 23.8. The van der Waals surface area contributed by atoms with Crippen LogP contribution in [0.4, 0.5) is 5.82 Å². The van der Waals surface area contributed by atoms with E-state index in [4.69, 9.17) is 0 Å². The maximum atomic E-state index is 11.3. The standard InChI is InChI=1S/C13H20N4OS/c1-19(18)12-9-15-11(8-16-12)17-6-3-13(4-7-17)2-5-14-10-13/h8-9,14H,2-7,10H2,1H3. The molecule has 1 aromatic heterocycles. The molecule has 2 aliphatic rings. The average molecular weight is 280 g/mol. The molecule has 0 bridgehead atoms. The summed E-state index contributed by atoms with van der Waals surface area (Å²) in [5.74, 6) is 0.912. The van der Waals surface area contributed by atoms with Crippen molar-refractivity contribution >= 4 is 17.0 Å². The zero-order chi connectivity index (χ0) is 13.3. The number of hydrogen-bond donors (Lipinski definition) is 1. The lowest BCUT2D eigenvalue weighted by Gasteiger charge is -2.39. The van der Waals surface area contributed by atoms with Crippen LogP contribution in [0.3, 0.4) is 0 Å². The third-order valence-corrected chi connectivity index (χ3v) is 5.19. The van der Waals surface area contributed by atoms with Crippen LogP contribution in [0.5, 0.6) is 0 Å². The quantitative estimate of drug-likeness (QED) is 0.812. The van der Waals surface area contributed by atoms with E-state index in [2.05, 4.69) is 20.2 Å². The maximum Gasteiger partial charge on any atom is 0.262 e. The number of nitrogens with zero attached hydrogens (tertiary/aromatic N) is 3. The van der Waals surface area contributed by atoms with Gasteiger partial charge in [0, 0.05) is 30.8 Å². The van der Waals surface area contributed by atoms with Crippen molar-refractivity contribution in [2.75, 3.05) is 37.3 Å². The molecule has 1 aromatic rings. The Bertz CT molecular complexity index is 421. The van der Waals surface area contributed by atoms with Crippen molar-refractivity contribution in [3.05, 3.63) is 12.4 Å². The Hall–Kier alpha value is -0.850. The summed E-state index contributed by atoms with van der Waals surface area (Å²) in [6.07, 6.45) is 8.77.